The summed E-state index contributed by atoms with van der Waals surface area (Å²) in [5, 5.41) is 5.93. The molecule has 0 saturated carbocycles. The van der Waals surface area contributed by atoms with Gasteiger partial charge < -0.3 is 19.2 Å². The van der Waals surface area contributed by atoms with Crippen molar-refractivity contribution >= 4 is 33.9 Å². The maximum absolute atomic E-state index is 12.9. The second-order valence-electron chi connectivity index (χ2n) is 8.09. The number of thiazole rings is 1. The molecule has 2 aliphatic rings. The fraction of sp³-hybridized carbons (Fsp3) is 0.476. The predicted octanol–water partition coefficient (Wildman–Crippen LogP) is 3.33. The van der Waals surface area contributed by atoms with Crippen molar-refractivity contribution in [1.29, 1.82) is 0 Å². The van der Waals surface area contributed by atoms with Crippen molar-refractivity contribution in [2.24, 2.45) is 0 Å². The van der Waals surface area contributed by atoms with Crippen LogP contribution in [-0.2, 0) is 0 Å². The molecule has 3 aromatic rings. The quantitative estimate of drug-likeness (QED) is 0.656. The van der Waals surface area contributed by atoms with Crippen LogP contribution in [0.25, 0.3) is 21.7 Å². The van der Waals surface area contributed by atoms with Gasteiger partial charge in [-0.1, -0.05) is 5.16 Å². The summed E-state index contributed by atoms with van der Waals surface area (Å²) in [6, 6.07) is 6.66. The third-order valence-corrected chi connectivity index (χ3v) is 7.02. The molecular weight excluding hydrogens is 386 g/mol. The number of anilines is 1. The number of carbonyl (C=O) groups is 1. The summed E-state index contributed by atoms with van der Waals surface area (Å²) in [5.41, 5.74) is 2.66. The highest BCUT2D eigenvalue weighted by molar-refractivity contribution is 7.17. The van der Waals surface area contributed by atoms with E-state index in [9.17, 15) is 4.79 Å². The fourth-order valence-corrected chi connectivity index (χ4v) is 5.12. The summed E-state index contributed by atoms with van der Waals surface area (Å²) >= 11 is 1.39. The van der Waals surface area contributed by atoms with Crippen LogP contribution in [0.15, 0.2) is 28.9 Å². The van der Waals surface area contributed by atoms with E-state index in [-0.39, 0.29) is 5.91 Å². The van der Waals surface area contributed by atoms with E-state index in [1.807, 2.05) is 4.90 Å². The minimum atomic E-state index is 0.0576. The van der Waals surface area contributed by atoms with Gasteiger partial charge in [-0.3, -0.25) is 4.79 Å². The number of rotatable bonds is 4. The maximum atomic E-state index is 12.9. The molecule has 2 aliphatic heterocycles. The van der Waals surface area contributed by atoms with Gasteiger partial charge in [0.15, 0.2) is 5.58 Å². The van der Waals surface area contributed by atoms with Crippen LogP contribution in [0.2, 0.25) is 0 Å². The molecule has 0 spiro atoms. The number of benzene rings is 1. The van der Waals surface area contributed by atoms with Gasteiger partial charge in [-0.05, 0) is 45.5 Å². The van der Waals surface area contributed by atoms with Crippen molar-refractivity contribution in [3.05, 3.63) is 29.3 Å². The summed E-state index contributed by atoms with van der Waals surface area (Å²) < 4.78 is 5.60. The zero-order valence-electron chi connectivity index (χ0n) is 16.8. The monoisotopic (exact) mass is 411 g/mol. The molecule has 29 heavy (non-hydrogen) atoms. The number of likely N-dealkylation sites (tertiary alicyclic amines) is 1. The normalized spacial score (nSPS) is 19.8. The molecule has 4 heterocycles. The lowest BCUT2D eigenvalue weighted by Crippen LogP contribution is -2.34. The van der Waals surface area contributed by atoms with Crippen LogP contribution in [0, 0.1) is 0 Å². The first kappa shape index (κ1) is 18.6. The molecule has 1 unspecified atom stereocenters. The molecule has 0 N–H and O–H groups in total. The minimum absolute atomic E-state index is 0.0576. The number of hydrogen-bond acceptors (Lipinski definition) is 7. The van der Waals surface area contributed by atoms with Crippen molar-refractivity contribution < 1.29 is 9.32 Å². The largest absolute Gasteiger partial charge is 0.371 e. The van der Waals surface area contributed by atoms with Gasteiger partial charge in [-0.25, -0.2) is 4.98 Å². The predicted molar refractivity (Wildman–Crippen MR) is 115 cm³/mol. The smallest absolute Gasteiger partial charge is 0.265 e. The first-order valence-corrected chi connectivity index (χ1v) is 11.0. The number of carbonyl (C=O) groups excluding carboxylic acids is 1. The molecule has 0 bridgehead atoms. The molecule has 152 valence electrons. The van der Waals surface area contributed by atoms with E-state index in [1.54, 1.807) is 6.20 Å². The third kappa shape index (κ3) is 3.40. The second kappa shape index (κ2) is 7.42. The lowest BCUT2D eigenvalue weighted by atomic mass is 10.2. The van der Waals surface area contributed by atoms with Gasteiger partial charge in [0.2, 0.25) is 0 Å². The van der Waals surface area contributed by atoms with E-state index in [4.69, 9.17) is 4.52 Å². The van der Waals surface area contributed by atoms with Crippen LogP contribution in [-0.4, -0.2) is 72.2 Å². The Morgan fingerprint density at radius 2 is 2.07 bits per heavy atom. The average molecular weight is 412 g/mol. The Balaban J connectivity index is 1.37. The van der Waals surface area contributed by atoms with Gasteiger partial charge >= 0.3 is 0 Å². The van der Waals surface area contributed by atoms with Crippen molar-refractivity contribution in [2.75, 3.05) is 45.2 Å². The summed E-state index contributed by atoms with van der Waals surface area (Å²) in [5.74, 6) is 0.0576. The highest BCUT2D eigenvalue weighted by Crippen LogP contribution is 2.34. The van der Waals surface area contributed by atoms with E-state index in [2.05, 4.69) is 52.2 Å². The van der Waals surface area contributed by atoms with Crippen LogP contribution in [0.3, 0.4) is 0 Å². The molecule has 2 aromatic heterocycles. The van der Waals surface area contributed by atoms with Crippen LogP contribution in [0.1, 0.15) is 28.9 Å². The summed E-state index contributed by atoms with van der Waals surface area (Å²) in [4.78, 5) is 24.5. The summed E-state index contributed by atoms with van der Waals surface area (Å²) in [6.07, 6.45) is 5.16. The SMILES string of the molecule is CN(C)C1CCN(C(=O)c2cnc(-c3noc4cc(N5CCCC5)ccc34)s2)C1. The van der Waals surface area contributed by atoms with Crippen LogP contribution < -0.4 is 4.90 Å². The molecule has 5 rings (SSSR count). The van der Waals surface area contributed by atoms with Crippen molar-refractivity contribution in [3.63, 3.8) is 0 Å². The molecule has 0 aliphatic carbocycles. The Labute approximate surface area is 173 Å². The molecule has 1 amide bonds. The first-order valence-electron chi connectivity index (χ1n) is 10.2. The van der Waals surface area contributed by atoms with Gasteiger partial charge in [0, 0.05) is 44.0 Å². The Morgan fingerprint density at radius 3 is 2.83 bits per heavy atom. The van der Waals surface area contributed by atoms with Crippen LogP contribution >= 0.6 is 11.3 Å². The summed E-state index contributed by atoms with van der Waals surface area (Å²) in [6.45, 7) is 3.75. The number of likely N-dealkylation sites (N-methyl/N-ethyl adjacent to an activating group) is 1. The topological polar surface area (TPSA) is 65.7 Å². The zero-order chi connectivity index (χ0) is 20.0. The molecule has 7 nitrogen and oxygen atoms in total. The number of hydrogen-bond donors (Lipinski definition) is 0. The average Bonchev–Trinajstić information content (AvgIpc) is 3.53. The molecule has 2 fully saturated rings. The van der Waals surface area contributed by atoms with E-state index < -0.39 is 0 Å². The minimum Gasteiger partial charge on any atom is -0.371 e. The molecule has 1 atom stereocenters. The van der Waals surface area contributed by atoms with Gasteiger partial charge in [0.25, 0.3) is 5.91 Å². The Morgan fingerprint density at radius 1 is 1.24 bits per heavy atom. The third-order valence-electron chi connectivity index (χ3n) is 6.03. The lowest BCUT2D eigenvalue weighted by Gasteiger charge is -2.19. The zero-order valence-corrected chi connectivity index (χ0v) is 17.6. The fourth-order valence-electron chi connectivity index (χ4n) is 4.24. The Bertz CT molecular complexity index is 1040. The number of aromatic nitrogens is 2. The van der Waals surface area contributed by atoms with Crippen LogP contribution in [0.4, 0.5) is 5.69 Å². The standard InChI is InChI=1S/C21H25N5O2S/c1-24(2)15-7-10-26(13-15)21(27)18-12-22-20(29-18)19-16-6-5-14(11-17(16)28-23-19)25-8-3-4-9-25/h5-6,11-12,15H,3-4,7-10,13H2,1-2H3. The Kier molecular flexibility index (Phi) is 4.75. The first-order chi connectivity index (χ1) is 14.1. The molecule has 0 radical (unpaired) electrons. The number of nitrogens with zero attached hydrogens (tertiary/aromatic N) is 5. The number of amides is 1. The summed E-state index contributed by atoms with van der Waals surface area (Å²) in [7, 11) is 4.13. The highest BCUT2D eigenvalue weighted by Gasteiger charge is 2.29. The van der Waals surface area contributed by atoms with Crippen LogP contribution in [0.5, 0.6) is 0 Å². The number of fused-ring (bicyclic) bond motifs is 1. The van der Waals surface area contributed by atoms with Gasteiger partial charge in [-0.15, -0.1) is 11.3 Å². The van der Waals surface area contributed by atoms with E-state index in [1.165, 1.54) is 29.9 Å². The van der Waals surface area contributed by atoms with E-state index >= 15 is 0 Å². The molecule has 1 aromatic carbocycles. The van der Waals surface area contributed by atoms with E-state index in [0.717, 1.165) is 48.6 Å². The highest BCUT2D eigenvalue weighted by atomic mass is 32.1. The van der Waals surface area contributed by atoms with Crippen molar-refractivity contribution in [1.82, 2.24) is 19.9 Å². The molecule has 2 saturated heterocycles. The lowest BCUT2D eigenvalue weighted by molar-refractivity contribution is 0.0787. The molecule has 8 heteroatoms. The maximum Gasteiger partial charge on any atom is 0.265 e. The molecular formula is C21H25N5O2S. The van der Waals surface area contributed by atoms with Gasteiger partial charge in [0.05, 0.1) is 11.6 Å². The van der Waals surface area contributed by atoms with Gasteiger partial charge in [0.1, 0.15) is 15.6 Å². The van der Waals surface area contributed by atoms with Crippen molar-refractivity contribution in [3.8, 4) is 10.7 Å². The second-order valence-corrected chi connectivity index (χ2v) is 9.12. The van der Waals surface area contributed by atoms with Crippen molar-refractivity contribution in [2.45, 2.75) is 25.3 Å². The Hall–Kier alpha value is -2.45. The van der Waals surface area contributed by atoms with Gasteiger partial charge in [-0.2, -0.15) is 0 Å². The van der Waals surface area contributed by atoms with E-state index in [0.29, 0.717) is 16.6 Å².